The molecule has 1 saturated carbocycles. The van der Waals surface area contributed by atoms with E-state index in [9.17, 15) is 10.2 Å². The highest BCUT2D eigenvalue weighted by atomic mass is 16.7. The lowest BCUT2D eigenvalue weighted by atomic mass is 9.79. The van der Waals surface area contributed by atoms with Crippen molar-refractivity contribution in [1.29, 1.82) is 0 Å². The van der Waals surface area contributed by atoms with Crippen LogP contribution in [0, 0.1) is 5.92 Å². The van der Waals surface area contributed by atoms with Gasteiger partial charge in [0, 0.05) is 25.7 Å². The van der Waals surface area contributed by atoms with E-state index in [0.29, 0.717) is 12.0 Å². The van der Waals surface area contributed by atoms with Gasteiger partial charge in [-0.3, -0.25) is 0 Å². The highest BCUT2D eigenvalue weighted by Crippen LogP contribution is 2.41. The number of aliphatic hydroxyl groups is 2. The molecule has 110 valence electrons. The Bertz CT molecular complexity index is 299. The van der Waals surface area contributed by atoms with Gasteiger partial charge in [-0.05, 0) is 51.0 Å². The van der Waals surface area contributed by atoms with E-state index >= 15 is 0 Å². The van der Waals surface area contributed by atoms with Crippen molar-refractivity contribution in [3.05, 3.63) is 0 Å². The van der Waals surface area contributed by atoms with E-state index in [-0.39, 0.29) is 12.2 Å². The molecule has 0 aromatic carbocycles. The van der Waals surface area contributed by atoms with Crippen LogP contribution in [-0.4, -0.2) is 59.4 Å². The smallest absolute Gasteiger partial charge is 0.217 e. The van der Waals surface area contributed by atoms with Gasteiger partial charge >= 0.3 is 0 Å². The van der Waals surface area contributed by atoms with Gasteiger partial charge in [0.05, 0.1) is 5.60 Å². The number of aliphatic hydroxyl groups excluding tert-OH is 2. The predicted octanol–water partition coefficient (Wildman–Crippen LogP) is 0.268. The van der Waals surface area contributed by atoms with Gasteiger partial charge < -0.3 is 20.3 Å². The van der Waals surface area contributed by atoms with Crippen LogP contribution in [0.25, 0.3) is 0 Å². The van der Waals surface area contributed by atoms with Gasteiger partial charge in [-0.2, -0.15) is 0 Å². The van der Waals surface area contributed by atoms with Crippen molar-refractivity contribution < 1.29 is 14.9 Å². The fourth-order valence-corrected chi connectivity index (χ4v) is 3.83. The number of piperidine rings is 1. The monoisotopic (exact) mass is 270 g/mol. The van der Waals surface area contributed by atoms with Gasteiger partial charge in [0.15, 0.2) is 0 Å². The summed E-state index contributed by atoms with van der Waals surface area (Å²) >= 11 is 0. The number of hydrogen-bond donors (Lipinski definition) is 3. The molecule has 2 atom stereocenters. The summed E-state index contributed by atoms with van der Waals surface area (Å²) in [7, 11) is 0. The molecule has 0 radical (unpaired) electrons. The standard InChI is InChI=1S/C14H26N2O3/c17-9-11-3-5-14(6-4-11)10-16(13(18)19-14)12-2-1-7-15-8-12/h11-13,15,17-18H,1-10H2. The minimum atomic E-state index is -0.740. The minimum absolute atomic E-state index is 0.164. The second kappa shape index (κ2) is 5.66. The average molecular weight is 270 g/mol. The maximum absolute atomic E-state index is 10.2. The number of rotatable bonds is 2. The van der Waals surface area contributed by atoms with Crippen LogP contribution >= 0.6 is 0 Å². The third kappa shape index (κ3) is 2.81. The molecule has 5 heteroatoms. The summed E-state index contributed by atoms with van der Waals surface area (Å²) in [4.78, 5) is 2.13. The first-order chi connectivity index (χ1) is 9.22. The van der Waals surface area contributed by atoms with Gasteiger partial charge in [0.2, 0.25) is 6.41 Å². The second-order valence-electron chi connectivity index (χ2n) is 6.43. The summed E-state index contributed by atoms with van der Waals surface area (Å²) in [6, 6.07) is 0.402. The van der Waals surface area contributed by atoms with Crippen LogP contribution in [-0.2, 0) is 4.74 Å². The Morgan fingerprint density at radius 1 is 1.26 bits per heavy atom. The maximum atomic E-state index is 10.2. The average Bonchev–Trinajstić information content (AvgIpc) is 2.77. The lowest BCUT2D eigenvalue weighted by molar-refractivity contribution is -0.192. The first-order valence-corrected chi connectivity index (χ1v) is 7.66. The molecule has 2 aliphatic heterocycles. The molecule has 1 aliphatic carbocycles. The van der Waals surface area contributed by atoms with Crippen LogP contribution in [0.1, 0.15) is 38.5 Å². The Kier molecular flexibility index (Phi) is 4.10. The Hall–Kier alpha value is -0.200. The van der Waals surface area contributed by atoms with Crippen LogP contribution < -0.4 is 5.32 Å². The first kappa shape index (κ1) is 13.8. The zero-order valence-electron chi connectivity index (χ0n) is 11.6. The molecule has 0 amide bonds. The molecule has 1 spiro atoms. The molecule has 3 rings (SSSR count). The van der Waals surface area contributed by atoms with E-state index in [4.69, 9.17) is 4.74 Å². The Morgan fingerprint density at radius 3 is 2.68 bits per heavy atom. The van der Waals surface area contributed by atoms with Crippen molar-refractivity contribution >= 4 is 0 Å². The third-order valence-electron chi connectivity index (χ3n) is 5.12. The Morgan fingerprint density at radius 2 is 2.05 bits per heavy atom. The number of hydrogen-bond acceptors (Lipinski definition) is 5. The number of nitrogens with one attached hydrogen (secondary N) is 1. The van der Waals surface area contributed by atoms with E-state index in [2.05, 4.69) is 10.2 Å². The van der Waals surface area contributed by atoms with Crippen LogP contribution in [0.4, 0.5) is 0 Å². The van der Waals surface area contributed by atoms with Crippen LogP contribution in [0.15, 0.2) is 0 Å². The van der Waals surface area contributed by atoms with Crippen LogP contribution in [0.2, 0.25) is 0 Å². The normalized spacial score (nSPS) is 44.8. The quantitative estimate of drug-likeness (QED) is 0.672. The molecule has 3 aliphatic rings. The molecule has 3 N–H and O–H groups in total. The molecular weight excluding hydrogens is 244 g/mol. The number of nitrogens with zero attached hydrogens (tertiary/aromatic N) is 1. The van der Waals surface area contributed by atoms with Gasteiger partial charge in [0.1, 0.15) is 0 Å². The molecule has 0 bridgehead atoms. The van der Waals surface area contributed by atoms with E-state index < -0.39 is 6.41 Å². The molecule has 19 heavy (non-hydrogen) atoms. The summed E-state index contributed by atoms with van der Waals surface area (Å²) < 4.78 is 5.92. The van der Waals surface area contributed by atoms with Crippen molar-refractivity contribution in [2.24, 2.45) is 5.92 Å². The number of ether oxygens (including phenoxy) is 1. The van der Waals surface area contributed by atoms with Gasteiger partial charge in [-0.25, -0.2) is 4.90 Å². The SMILES string of the molecule is OCC1CCC2(CC1)CN(C1CCCNC1)C(O)O2. The van der Waals surface area contributed by atoms with E-state index in [1.807, 2.05) is 0 Å². The topological polar surface area (TPSA) is 65.0 Å². The van der Waals surface area contributed by atoms with Gasteiger partial charge in [-0.1, -0.05) is 0 Å². The molecule has 3 fully saturated rings. The first-order valence-electron chi connectivity index (χ1n) is 7.66. The summed E-state index contributed by atoms with van der Waals surface area (Å²) in [5.41, 5.74) is -0.164. The molecule has 2 heterocycles. The molecule has 0 aromatic rings. The van der Waals surface area contributed by atoms with Crippen LogP contribution in [0.5, 0.6) is 0 Å². The molecule has 2 unspecified atom stereocenters. The lowest BCUT2D eigenvalue weighted by Crippen LogP contribution is -2.49. The minimum Gasteiger partial charge on any atom is -0.396 e. The van der Waals surface area contributed by atoms with E-state index in [1.165, 1.54) is 6.42 Å². The van der Waals surface area contributed by atoms with Crippen molar-refractivity contribution in [3.8, 4) is 0 Å². The van der Waals surface area contributed by atoms with E-state index in [1.54, 1.807) is 0 Å². The van der Waals surface area contributed by atoms with E-state index in [0.717, 1.165) is 51.7 Å². The Balaban J connectivity index is 1.61. The Labute approximate surface area is 114 Å². The fourth-order valence-electron chi connectivity index (χ4n) is 3.83. The van der Waals surface area contributed by atoms with Crippen molar-refractivity contribution in [1.82, 2.24) is 10.2 Å². The summed E-state index contributed by atoms with van der Waals surface area (Å²) in [5, 5.41) is 22.8. The predicted molar refractivity (Wildman–Crippen MR) is 71.5 cm³/mol. The molecule has 2 saturated heterocycles. The van der Waals surface area contributed by atoms with Crippen molar-refractivity contribution in [2.45, 2.75) is 56.6 Å². The zero-order valence-corrected chi connectivity index (χ0v) is 11.6. The van der Waals surface area contributed by atoms with Crippen LogP contribution in [0.3, 0.4) is 0 Å². The van der Waals surface area contributed by atoms with Crippen molar-refractivity contribution in [2.75, 3.05) is 26.2 Å². The zero-order chi connectivity index (χ0) is 13.3. The van der Waals surface area contributed by atoms with Gasteiger partial charge in [0.25, 0.3) is 0 Å². The van der Waals surface area contributed by atoms with Gasteiger partial charge in [-0.15, -0.1) is 0 Å². The summed E-state index contributed by atoms with van der Waals surface area (Å²) in [6.07, 6.45) is 5.53. The molecule has 0 aromatic heterocycles. The third-order valence-corrected chi connectivity index (χ3v) is 5.12. The highest BCUT2D eigenvalue weighted by molar-refractivity contribution is 4.96. The lowest BCUT2D eigenvalue weighted by Gasteiger charge is -2.36. The maximum Gasteiger partial charge on any atom is 0.217 e. The fraction of sp³-hybridized carbons (Fsp3) is 1.00. The summed E-state index contributed by atoms with van der Waals surface area (Å²) in [6.45, 7) is 3.17. The molecule has 5 nitrogen and oxygen atoms in total. The van der Waals surface area contributed by atoms with Crippen molar-refractivity contribution in [3.63, 3.8) is 0 Å². The molecular formula is C14H26N2O3. The summed E-state index contributed by atoms with van der Waals surface area (Å²) in [5.74, 6) is 0.428. The second-order valence-corrected chi connectivity index (χ2v) is 6.43. The highest BCUT2D eigenvalue weighted by Gasteiger charge is 2.48. The largest absolute Gasteiger partial charge is 0.396 e.